The molecule has 1 aliphatic rings. The molecule has 0 saturated heterocycles. The van der Waals surface area contributed by atoms with Crippen molar-refractivity contribution in [3.05, 3.63) is 30.4 Å². The normalized spacial score (nSPS) is 14.8. The van der Waals surface area contributed by atoms with Crippen molar-refractivity contribution in [1.82, 2.24) is 0 Å². The molecule has 1 aliphatic heterocycles. The Labute approximate surface area is 111 Å². The van der Waals surface area contributed by atoms with Crippen LogP contribution in [-0.2, 0) is 4.79 Å². The molecule has 0 fully saturated rings. The van der Waals surface area contributed by atoms with Gasteiger partial charge in [-0.1, -0.05) is 6.58 Å². The highest BCUT2D eigenvalue weighted by molar-refractivity contribution is 7.80. The Hall–Kier alpha value is -1.62. The molecule has 4 nitrogen and oxygen atoms in total. The molecular weight excluding hydrogens is 250 g/mol. The number of fused-ring (bicyclic) bond motifs is 1. The fraction of sp³-hybridized carbons (Fsp3) is 0.308. The highest BCUT2D eigenvalue weighted by atomic mass is 32.1. The number of ether oxygens (including phenoxy) is 2. The Morgan fingerprint density at radius 3 is 2.89 bits per heavy atom. The Balaban J connectivity index is 2.44. The quantitative estimate of drug-likeness (QED) is 0.652. The van der Waals surface area contributed by atoms with Crippen LogP contribution >= 0.6 is 12.6 Å². The van der Waals surface area contributed by atoms with Crippen molar-refractivity contribution in [3.8, 4) is 11.5 Å². The van der Waals surface area contributed by atoms with Crippen LogP contribution in [0.25, 0.3) is 0 Å². The van der Waals surface area contributed by atoms with E-state index >= 15 is 0 Å². The minimum absolute atomic E-state index is 0.0419. The topological polar surface area (TPSA) is 47.6 Å². The van der Waals surface area contributed by atoms with Crippen molar-refractivity contribution in [2.75, 3.05) is 18.5 Å². The SMILES string of the molecule is C=CC(=O)Nc1cc([C@@H](C)S)cc2c1OCCO2. The van der Waals surface area contributed by atoms with Gasteiger partial charge >= 0.3 is 0 Å². The average Bonchev–Trinajstić information content (AvgIpc) is 2.38. The lowest BCUT2D eigenvalue weighted by Crippen LogP contribution is -2.18. The Morgan fingerprint density at radius 1 is 1.50 bits per heavy atom. The molecule has 0 bridgehead atoms. The van der Waals surface area contributed by atoms with Crippen LogP contribution in [0.15, 0.2) is 24.8 Å². The van der Waals surface area contributed by atoms with E-state index in [1.54, 1.807) is 0 Å². The van der Waals surface area contributed by atoms with Crippen LogP contribution in [0.3, 0.4) is 0 Å². The van der Waals surface area contributed by atoms with E-state index in [1.807, 2.05) is 19.1 Å². The predicted octanol–water partition coefficient (Wildman–Crippen LogP) is 2.57. The van der Waals surface area contributed by atoms with Crippen LogP contribution in [0.4, 0.5) is 5.69 Å². The van der Waals surface area contributed by atoms with Crippen molar-refractivity contribution in [1.29, 1.82) is 0 Å². The van der Waals surface area contributed by atoms with E-state index in [9.17, 15) is 4.79 Å². The largest absolute Gasteiger partial charge is 0.486 e. The summed E-state index contributed by atoms with van der Waals surface area (Å²) in [5.74, 6) is 0.920. The summed E-state index contributed by atoms with van der Waals surface area (Å²) in [6.07, 6.45) is 1.22. The number of benzene rings is 1. The van der Waals surface area contributed by atoms with Gasteiger partial charge in [-0.3, -0.25) is 4.79 Å². The summed E-state index contributed by atoms with van der Waals surface area (Å²) >= 11 is 4.39. The number of anilines is 1. The molecule has 1 amide bonds. The summed E-state index contributed by atoms with van der Waals surface area (Å²) in [6, 6.07) is 3.72. The summed E-state index contributed by atoms with van der Waals surface area (Å²) in [6.45, 7) is 6.36. The maximum Gasteiger partial charge on any atom is 0.247 e. The molecule has 0 unspecified atom stereocenters. The average molecular weight is 265 g/mol. The molecule has 5 heteroatoms. The van der Waals surface area contributed by atoms with Crippen LogP contribution in [0.2, 0.25) is 0 Å². The molecule has 0 aliphatic carbocycles. The minimum atomic E-state index is -0.282. The molecule has 1 heterocycles. The molecule has 2 rings (SSSR count). The zero-order valence-electron chi connectivity index (χ0n) is 10.1. The number of nitrogens with one attached hydrogen (secondary N) is 1. The molecule has 1 aromatic carbocycles. The highest BCUT2D eigenvalue weighted by Crippen LogP contribution is 2.41. The van der Waals surface area contributed by atoms with Crippen molar-refractivity contribution in [2.24, 2.45) is 0 Å². The molecule has 0 radical (unpaired) electrons. The Morgan fingerprint density at radius 2 is 2.22 bits per heavy atom. The molecule has 1 atom stereocenters. The van der Waals surface area contributed by atoms with Gasteiger partial charge in [0.15, 0.2) is 11.5 Å². The van der Waals surface area contributed by atoms with Crippen LogP contribution < -0.4 is 14.8 Å². The first kappa shape index (κ1) is 12.8. The lowest BCUT2D eigenvalue weighted by atomic mass is 10.1. The lowest BCUT2D eigenvalue weighted by Gasteiger charge is -2.22. The molecule has 0 saturated carbocycles. The molecule has 96 valence electrons. The van der Waals surface area contributed by atoms with Gasteiger partial charge in [-0.15, -0.1) is 0 Å². The van der Waals surface area contributed by atoms with Crippen molar-refractivity contribution in [3.63, 3.8) is 0 Å². The molecule has 1 aromatic rings. The van der Waals surface area contributed by atoms with E-state index in [4.69, 9.17) is 9.47 Å². The standard InChI is InChI=1S/C13H15NO3S/c1-3-12(15)14-10-6-9(8(2)18)7-11-13(10)17-5-4-16-11/h3,6-8,18H,1,4-5H2,2H3,(H,14,15)/t8-/m1/s1. The van der Waals surface area contributed by atoms with Gasteiger partial charge in [-0.25, -0.2) is 0 Å². The van der Waals surface area contributed by atoms with Gasteiger partial charge in [-0.05, 0) is 30.7 Å². The van der Waals surface area contributed by atoms with Crippen LogP contribution in [0, 0.1) is 0 Å². The van der Waals surface area contributed by atoms with Gasteiger partial charge in [0.2, 0.25) is 5.91 Å². The third-order valence-electron chi connectivity index (χ3n) is 2.59. The van der Waals surface area contributed by atoms with Gasteiger partial charge in [0.25, 0.3) is 0 Å². The van der Waals surface area contributed by atoms with Crippen LogP contribution in [-0.4, -0.2) is 19.1 Å². The zero-order chi connectivity index (χ0) is 13.1. The fourth-order valence-electron chi connectivity index (χ4n) is 1.69. The second-order valence-corrected chi connectivity index (χ2v) is 4.74. The van der Waals surface area contributed by atoms with Crippen molar-refractivity contribution in [2.45, 2.75) is 12.2 Å². The monoisotopic (exact) mass is 265 g/mol. The van der Waals surface area contributed by atoms with E-state index in [1.165, 1.54) is 6.08 Å². The first-order chi connectivity index (χ1) is 8.61. The van der Waals surface area contributed by atoms with E-state index in [-0.39, 0.29) is 11.2 Å². The maximum absolute atomic E-state index is 11.4. The molecule has 18 heavy (non-hydrogen) atoms. The number of hydrogen-bond acceptors (Lipinski definition) is 4. The molecular formula is C13H15NO3S. The van der Waals surface area contributed by atoms with Crippen molar-refractivity contribution < 1.29 is 14.3 Å². The second-order valence-electron chi connectivity index (χ2n) is 3.96. The molecule has 0 spiro atoms. The molecule has 0 aromatic heterocycles. The second kappa shape index (κ2) is 5.35. The highest BCUT2D eigenvalue weighted by Gasteiger charge is 2.19. The Bertz CT molecular complexity index is 485. The number of carbonyl (C=O) groups is 1. The van der Waals surface area contributed by atoms with E-state index in [2.05, 4.69) is 24.5 Å². The third kappa shape index (κ3) is 2.61. The first-order valence-corrected chi connectivity index (χ1v) is 6.18. The Kier molecular flexibility index (Phi) is 3.81. The summed E-state index contributed by atoms with van der Waals surface area (Å²) in [4.78, 5) is 11.4. The smallest absolute Gasteiger partial charge is 0.247 e. The van der Waals surface area contributed by atoms with Crippen LogP contribution in [0.5, 0.6) is 11.5 Å². The summed E-state index contributed by atoms with van der Waals surface area (Å²) in [7, 11) is 0. The third-order valence-corrected chi connectivity index (χ3v) is 2.89. The lowest BCUT2D eigenvalue weighted by molar-refractivity contribution is -0.111. The van der Waals surface area contributed by atoms with E-state index < -0.39 is 0 Å². The number of thiol groups is 1. The summed E-state index contributed by atoms with van der Waals surface area (Å²) < 4.78 is 11.1. The predicted molar refractivity (Wildman–Crippen MR) is 73.7 cm³/mol. The maximum atomic E-state index is 11.4. The minimum Gasteiger partial charge on any atom is -0.486 e. The summed E-state index contributed by atoms with van der Waals surface area (Å²) in [5.41, 5.74) is 1.55. The van der Waals surface area contributed by atoms with Crippen LogP contribution in [0.1, 0.15) is 17.7 Å². The first-order valence-electron chi connectivity index (χ1n) is 5.67. The zero-order valence-corrected chi connectivity index (χ0v) is 11.0. The van der Waals surface area contributed by atoms with E-state index in [0.29, 0.717) is 30.4 Å². The van der Waals surface area contributed by atoms with Gasteiger partial charge in [0.05, 0.1) is 5.69 Å². The fourth-order valence-corrected chi connectivity index (χ4v) is 1.84. The van der Waals surface area contributed by atoms with Gasteiger partial charge in [0.1, 0.15) is 13.2 Å². The number of carbonyl (C=O) groups excluding carboxylic acids is 1. The molecule has 1 N–H and O–H groups in total. The van der Waals surface area contributed by atoms with Gasteiger partial charge in [0, 0.05) is 5.25 Å². The van der Waals surface area contributed by atoms with Crippen molar-refractivity contribution >= 4 is 24.2 Å². The van der Waals surface area contributed by atoms with Gasteiger partial charge in [-0.2, -0.15) is 12.6 Å². The van der Waals surface area contributed by atoms with Gasteiger partial charge < -0.3 is 14.8 Å². The van der Waals surface area contributed by atoms with E-state index in [0.717, 1.165) is 5.56 Å². The summed E-state index contributed by atoms with van der Waals surface area (Å²) in [5, 5.41) is 2.76. The number of hydrogen-bond donors (Lipinski definition) is 2. The number of rotatable bonds is 3. The number of amides is 1.